The molecule has 0 radical (unpaired) electrons. The summed E-state index contributed by atoms with van der Waals surface area (Å²) in [6.07, 6.45) is 8.16. The van der Waals surface area contributed by atoms with Crippen LogP contribution in [0.2, 0.25) is 0 Å². The second-order valence-corrected chi connectivity index (χ2v) is 5.36. The monoisotopic (exact) mass is 246 g/mol. The lowest BCUT2D eigenvalue weighted by Crippen LogP contribution is -1.83. The van der Waals surface area contributed by atoms with Gasteiger partial charge in [0.25, 0.3) is 0 Å². The number of unbranched alkanes of at least 4 members (excludes halogenated alkanes) is 3. The molecule has 0 heterocycles. The number of hydrogen-bond acceptors (Lipinski definition) is 1. The summed E-state index contributed by atoms with van der Waals surface area (Å²) in [5, 5.41) is 0. The van der Waals surface area contributed by atoms with Crippen molar-refractivity contribution in [2.24, 2.45) is 0 Å². The fraction of sp³-hybridized carbons (Fsp3) is 0.375. The molecule has 0 aliphatic heterocycles. The molecule has 1 rings (SSSR count). The van der Waals surface area contributed by atoms with Gasteiger partial charge in [-0.3, -0.25) is 0 Å². The van der Waals surface area contributed by atoms with Crippen LogP contribution in [-0.4, -0.2) is 5.75 Å². The number of rotatable bonds is 9. The summed E-state index contributed by atoms with van der Waals surface area (Å²) >= 11 is 1.96. The van der Waals surface area contributed by atoms with Crippen LogP contribution < -0.4 is 0 Å². The van der Waals surface area contributed by atoms with Crippen molar-refractivity contribution >= 4 is 11.8 Å². The summed E-state index contributed by atoms with van der Waals surface area (Å²) in [5.74, 6) is 1.23. The summed E-state index contributed by atoms with van der Waals surface area (Å²) < 4.78 is 0. The molecule has 0 saturated heterocycles. The molecule has 0 bridgehead atoms. The van der Waals surface area contributed by atoms with Crippen molar-refractivity contribution in [1.82, 2.24) is 0 Å². The first-order chi connectivity index (χ1) is 8.33. The van der Waals surface area contributed by atoms with Crippen molar-refractivity contribution in [1.29, 1.82) is 0 Å². The van der Waals surface area contributed by atoms with Crippen LogP contribution in [0.4, 0.5) is 0 Å². The van der Waals surface area contributed by atoms with Gasteiger partial charge in [-0.1, -0.05) is 55.8 Å². The fourth-order valence-corrected chi connectivity index (χ4v) is 2.55. The number of allylic oxidation sites excluding steroid dienone is 2. The van der Waals surface area contributed by atoms with Gasteiger partial charge < -0.3 is 0 Å². The average molecular weight is 246 g/mol. The van der Waals surface area contributed by atoms with Crippen molar-refractivity contribution in [2.75, 3.05) is 5.75 Å². The van der Waals surface area contributed by atoms with Gasteiger partial charge >= 0.3 is 0 Å². The van der Waals surface area contributed by atoms with Gasteiger partial charge in [0.2, 0.25) is 0 Å². The lowest BCUT2D eigenvalue weighted by molar-refractivity contribution is 0.672. The topological polar surface area (TPSA) is 0 Å². The first-order valence-corrected chi connectivity index (χ1v) is 7.29. The largest absolute Gasteiger partial charge is 0.126 e. The highest BCUT2D eigenvalue weighted by Crippen LogP contribution is 2.19. The van der Waals surface area contributed by atoms with Gasteiger partial charge in [-0.15, -0.1) is 11.8 Å². The Balaban J connectivity index is 1.95. The molecule has 0 aromatic heterocycles. The van der Waals surface area contributed by atoms with E-state index in [1.165, 1.54) is 41.9 Å². The van der Waals surface area contributed by atoms with Crippen molar-refractivity contribution in [3.63, 3.8) is 0 Å². The summed E-state index contributed by atoms with van der Waals surface area (Å²) in [4.78, 5) is 1.38. The Hall–Kier alpha value is -0.950. The maximum Gasteiger partial charge on any atom is 0.00719 e. The molecule has 17 heavy (non-hydrogen) atoms. The van der Waals surface area contributed by atoms with E-state index in [4.69, 9.17) is 0 Å². The van der Waals surface area contributed by atoms with Gasteiger partial charge in [-0.25, -0.2) is 0 Å². The lowest BCUT2D eigenvalue weighted by Gasteiger charge is -2.02. The van der Waals surface area contributed by atoms with E-state index in [1.54, 1.807) is 0 Å². The highest BCUT2D eigenvalue weighted by Gasteiger charge is 1.94. The molecule has 0 N–H and O–H groups in total. The van der Waals surface area contributed by atoms with Crippen molar-refractivity contribution in [3.8, 4) is 0 Å². The van der Waals surface area contributed by atoms with E-state index in [9.17, 15) is 0 Å². The summed E-state index contributed by atoms with van der Waals surface area (Å²) in [7, 11) is 0. The highest BCUT2D eigenvalue weighted by molar-refractivity contribution is 7.99. The Morgan fingerprint density at radius 2 is 1.76 bits per heavy atom. The normalized spacial score (nSPS) is 10.1. The Morgan fingerprint density at radius 1 is 1.06 bits per heavy atom. The second kappa shape index (κ2) is 9.12. The number of hydrogen-bond donors (Lipinski definition) is 0. The summed E-state index contributed by atoms with van der Waals surface area (Å²) in [5.41, 5.74) is 1.17. The van der Waals surface area contributed by atoms with Crippen molar-refractivity contribution in [3.05, 3.63) is 55.1 Å². The summed E-state index contributed by atoms with van der Waals surface area (Å²) in [6.45, 7) is 7.64. The summed E-state index contributed by atoms with van der Waals surface area (Å²) in [6, 6.07) is 10.6. The molecular weight excluding hydrogens is 224 g/mol. The first-order valence-electron chi connectivity index (χ1n) is 6.31. The van der Waals surface area contributed by atoms with Crippen LogP contribution in [0.5, 0.6) is 0 Å². The highest BCUT2D eigenvalue weighted by atomic mass is 32.2. The molecule has 1 heteroatoms. The molecule has 1 aromatic rings. The van der Waals surface area contributed by atoms with Crippen LogP contribution in [0.1, 0.15) is 32.1 Å². The third-order valence-corrected chi connectivity index (χ3v) is 3.79. The number of thioether (sulfide) groups is 1. The van der Waals surface area contributed by atoms with Gasteiger partial charge in [-0.05, 0) is 37.1 Å². The van der Waals surface area contributed by atoms with Gasteiger partial charge in [0.1, 0.15) is 0 Å². The molecule has 0 unspecified atom stereocenters. The molecule has 0 aliphatic rings. The van der Waals surface area contributed by atoms with Crippen molar-refractivity contribution in [2.45, 2.75) is 37.0 Å². The van der Waals surface area contributed by atoms with Crippen LogP contribution in [0.25, 0.3) is 0 Å². The molecule has 0 spiro atoms. The van der Waals surface area contributed by atoms with E-state index in [0.717, 1.165) is 6.42 Å². The smallest absolute Gasteiger partial charge is 0.00719 e. The SMILES string of the molecule is C=CC(=C)CCCCCCSc1ccccc1. The Bertz CT molecular complexity index is 327. The molecule has 1 aromatic carbocycles. The first kappa shape index (κ1) is 14.1. The predicted octanol–water partition coefficient (Wildman–Crippen LogP) is 5.47. The zero-order chi connectivity index (χ0) is 12.3. The van der Waals surface area contributed by atoms with Gasteiger partial charge in [0, 0.05) is 4.90 Å². The van der Waals surface area contributed by atoms with Crippen LogP contribution in [-0.2, 0) is 0 Å². The number of benzene rings is 1. The van der Waals surface area contributed by atoms with E-state index >= 15 is 0 Å². The standard InChI is InChI=1S/C16H22S/c1-3-15(2)11-7-4-5-10-14-17-16-12-8-6-9-13-16/h3,6,8-9,12-13H,1-2,4-5,7,10-11,14H2. The molecule has 0 atom stereocenters. The van der Waals surface area contributed by atoms with Crippen LogP contribution >= 0.6 is 11.8 Å². The van der Waals surface area contributed by atoms with Crippen LogP contribution in [0.3, 0.4) is 0 Å². The predicted molar refractivity (Wildman–Crippen MR) is 79.6 cm³/mol. The minimum atomic E-state index is 1.11. The zero-order valence-electron chi connectivity index (χ0n) is 10.5. The molecule has 0 saturated carbocycles. The van der Waals surface area contributed by atoms with Crippen molar-refractivity contribution < 1.29 is 0 Å². The fourth-order valence-electron chi connectivity index (χ4n) is 1.62. The maximum absolute atomic E-state index is 3.92. The van der Waals surface area contributed by atoms with Crippen LogP contribution in [0.15, 0.2) is 60.0 Å². The van der Waals surface area contributed by atoms with E-state index in [1.807, 2.05) is 17.8 Å². The molecule has 0 aliphatic carbocycles. The zero-order valence-corrected chi connectivity index (χ0v) is 11.3. The average Bonchev–Trinajstić information content (AvgIpc) is 2.38. The molecule has 0 amide bonds. The third kappa shape index (κ3) is 7.06. The maximum atomic E-state index is 3.92. The van der Waals surface area contributed by atoms with Crippen LogP contribution in [0, 0.1) is 0 Å². The molecule has 0 nitrogen and oxygen atoms in total. The minimum absolute atomic E-state index is 1.11. The minimum Gasteiger partial charge on any atom is -0.126 e. The third-order valence-electron chi connectivity index (χ3n) is 2.69. The van der Waals surface area contributed by atoms with E-state index in [0.29, 0.717) is 0 Å². The molecular formula is C16H22S. The second-order valence-electron chi connectivity index (χ2n) is 4.19. The van der Waals surface area contributed by atoms with E-state index in [2.05, 4.69) is 43.5 Å². The lowest BCUT2D eigenvalue weighted by atomic mass is 10.1. The quantitative estimate of drug-likeness (QED) is 0.316. The Labute approximate surface area is 110 Å². The van der Waals surface area contributed by atoms with Gasteiger partial charge in [-0.2, -0.15) is 0 Å². The Morgan fingerprint density at radius 3 is 2.47 bits per heavy atom. The van der Waals surface area contributed by atoms with E-state index < -0.39 is 0 Å². The molecule has 0 fully saturated rings. The van der Waals surface area contributed by atoms with Gasteiger partial charge in [0.05, 0.1) is 0 Å². The Kier molecular flexibility index (Phi) is 7.57. The molecule has 92 valence electrons. The van der Waals surface area contributed by atoms with E-state index in [-0.39, 0.29) is 0 Å². The van der Waals surface area contributed by atoms with Gasteiger partial charge in [0.15, 0.2) is 0 Å².